The van der Waals surface area contributed by atoms with Gasteiger partial charge in [0.25, 0.3) is 5.91 Å². The van der Waals surface area contributed by atoms with E-state index in [1.54, 1.807) is 12.4 Å². The van der Waals surface area contributed by atoms with Crippen LogP contribution in [0.4, 0.5) is 5.82 Å². The summed E-state index contributed by atoms with van der Waals surface area (Å²) >= 11 is 0. The summed E-state index contributed by atoms with van der Waals surface area (Å²) in [6.07, 6.45) is 9.45. The van der Waals surface area contributed by atoms with Crippen LogP contribution in [0.5, 0.6) is 0 Å². The first-order valence-corrected chi connectivity index (χ1v) is 10.1. The lowest BCUT2D eigenvalue weighted by atomic mass is 9.97. The molecule has 3 aromatic rings. The van der Waals surface area contributed by atoms with Gasteiger partial charge in [-0.15, -0.1) is 0 Å². The zero-order valence-electron chi connectivity index (χ0n) is 17.0. The van der Waals surface area contributed by atoms with Gasteiger partial charge >= 0.3 is 0 Å². The first-order chi connectivity index (χ1) is 14.1. The van der Waals surface area contributed by atoms with Crippen molar-refractivity contribution in [2.24, 2.45) is 5.92 Å². The monoisotopic (exact) mass is 393 g/mol. The Kier molecular flexibility index (Phi) is 5.64. The first kappa shape index (κ1) is 19.2. The normalized spacial score (nSPS) is 16.8. The van der Waals surface area contributed by atoms with Gasteiger partial charge in [0.2, 0.25) is 0 Å². The average Bonchev–Trinajstić information content (AvgIpc) is 3.39. The fourth-order valence-electron chi connectivity index (χ4n) is 3.90. The van der Waals surface area contributed by atoms with Crippen LogP contribution >= 0.6 is 0 Å². The van der Waals surface area contributed by atoms with Gasteiger partial charge in [-0.1, -0.05) is 0 Å². The Morgan fingerprint density at radius 3 is 2.90 bits per heavy atom. The Morgan fingerprint density at radius 1 is 1.31 bits per heavy atom. The van der Waals surface area contributed by atoms with E-state index < -0.39 is 0 Å². The molecule has 7 nitrogen and oxygen atoms in total. The highest BCUT2D eigenvalue weighted by Gasteiger charge is 2.25. The second kappa shape index (κ2) is 8.51. The fourth-order valence-corrected chi connectivity index (χ4v) is 3.90. The minimum absolute atomic E-state index is 0.0590. The second-order valence-corrected chi connectivity index (χ2v) is 7.79. The van der Waals surface area contributed by atoms with Crippen LogP contribution in [0.3, 0.4) is 0 Å². The van der Waals surface area contributed by atoms with E-state index in [1.165, 1.54) is 0 Å². The number of piperidine rings is 1. The Morgan fingerprint density at radius 2 is 2.21 bits per heavy atom. The number of amides is 1. The van der Waals surface area contributed by atoms with Crippen LogP contribution in [-0.2, 0) is 13.1 Å². The van der Waals surface area contributed by atoms with E-state index in [0.717, 1.165) is 49.8 Å². The van der Waals surface area contributed by atoms with Crippen LogP contribution in [0.25, 0.3) is 0 Å². The highest BCUT2D eigenvalue weighted by atomic mass is 16.3. The molecule has 0 N–H and O–H groups in total. The predicted octanol–water partition coefficient (Wildman–Crippen LogP) is 3.37. The van der Waals surface area contributed by atoms with E-state index in [9.17, 15) is 4.79 Å². The standard InChI is InChI=1S/C22H27N5O2/c1-17-5-7-20(29-17)15-25(2)21-8-6-19(12-24-21)22(28)27-10-3-4-18(14-27)13-26-11-9-23-16-26/h5-9,11-12,16,18H,3-4,10,13-15H2,1-2H3/t18-/m1/s1. The SMILES string of the molecule is Cc1ccc(CN(C)c2ccc(C(=O)N3CCC[C@H](Cn4ccnc4)C3)cn2)o1. The van der Waals surface area contributed by atoms with Crippen LogP contribution in [0, 0.1) is 12.8 Å². The second-order valence-electron chi connectivity index (χ2n) is 7.79. The van der Waals surface area contributed by atoms with Gasteiger partial charge in [0, 0.05) is 45.3 Å². The molecule has 0 bridgehead atoms. The van der Waals surface area contributed by atoms with Gasteiger partial charge in [-0.05, 0) is 49.9 Å². The molecule has 1 aliphatic rings. The highest BCUT2D eigenvalue weighted by molar-refractivity contribution is 5.94. The maximum Gasteiger partial charge on any atom is 0.255 e. The topological polar surface area (TPSA) is 67.4 Å². The molecule has 1 amide bonds. The van der Waals surface area contributed by atoms with Crippen molar-refractivity contribution in [1.29, 1.82) is 0 Å². The van der Waals surface area contributed by atoms with Crippen LogP contribution in [0.2, 0.25) is 0 Å². The van der Waals surface area contributed by atoms with Crippen molar-refractivity contribution in [3.05, 3.63) is 66.3 Å². The van der Waals surface area contributed by atoms with Gasteiger partial charge in [0.15, 0.2) is 0 Å². The number of aromatic nitrogens is 3. The number of hydrogen-bond donors (Lipinski definition) is 0. The number of carbonyl (C=O) groups excluding carboxylic acids is 1. The van der Waals surface area contributed by atoms with E-state index in [4.69, 9.17) is 4.42 Å². The molecule has 0 unspecified atom stereocenters. The van der Waals surface area contributed by atoms with Crippen LogP contribution in [-0.4, -0.2) is 45.5 Å². The van der Waals surface area contributed by atoms with Gasteiger partial charge in [-0.3, -0.25) is 4.79 Å². The van der Waals surface area contributed by atoms with Crippen molar-refractivity contribution in [2.45, 2.75) is 32.9 Å². The molecule has 4 heterocycles. The number of carbonyl (C=O) groups is 1. The van der Waals surface area contributed by atoms with Crippen molar-refractivity contribution < 1.29 is 9.21 Å². The Labute approximate surface area is 171 Å². The summed E-state index contributed by atoms with van der Waals surface area (Å²) in [6.45, 7) is 5.05. The lowest BCUT2D eigenvalue weighted by Crippen LogP contribution is -2.41. The number of imidazole rings is 1. The molecule has 0 radical (unpaired) electrons. The van der Waals surface area contributed by atoms with Gasteiger partial charge in [-0.25, -0.2) is 9.97 Å². The molecule has 1 aliphatic heterocycles. The Hall–Kier alpha value is -3.09. The number of hydrogen-bond acceptors (Lipinski definition) is 5. The molecule has 0 aromatic carbocycles. The summed E-state index contributed by atoms with van der Waals surface area (Å²) in [4.78, 5) is 25.5. The maximum absolute atomic E-state index is 13.0. The summed E-state index contributed by atoms with van der Waals surface area (Å²) in [6, 6.07) is 7.70. The fraction of sp³-hybridized carbons (Fsp3) is 0.409. The number of likely N-dealkylation sites (tertiary alicyclic amines) is 1. The number of furan rings is 1. The number of nitrogens with zero attached hydrogens (tertiary/aromatic N) is 5. The lowest BCUT2D eigenvalue weighted by molar-refractivity contribution is 0.0662. The molecule has 0 aliphatic carbocycles. The van der Waals surface area contributed by atoms with Gasteiger partial charge in [-0.2, -0.15) is 0 Å². The molecule has 1 atom stereocenters. The summed E-state index contributed by atoms with van der Waals surface area (Å²) in [5.74, 6) is 3.12. The summed E-state index contributed by atoms with van der Waals surface area (Å²) in [7, 11) is 1.97. The summed E-state index contributed by atoms with van der Waals surface area (Å²) in [5, 5.41) is 0. The molecule has 4 rings (SSSR count). The quantitative estimate of drug-likeness (QED) is 0.642. The minimum Gasteiger partial charge on any atom is -0.464 e. The lowest BCUT2D eigenvalue weighted by Gasteiger charge is -2.33. The molecular formula is C22H27N5O2. The minimum atomic E-state index is 0.0590. The molecule has 7 heteroatoms. The van der Waals surface area contributed by atoms with Gasteiger partial charge in [0.1, 0.15) is 17.3 Å². The number of pyridine rings is 1. The third kappa shape index (κ3) is 4.67. The van der Waals surface area contributed by atoms with Crippen LogP contribution in [0.15, 0.2) is 53.6 Å². The van der Waals surface area contributed by atoms with Crippen molar-refractivity contribution in [2.75, 3.05) is 25.0 Å². The number of anilines is 1. The van der Waals surface area contributed by atoms with Crippen molar-refractivity contribution in [1.82, 2.24) is 19.4 Å². The number of aryl methyl sites for hydroxylation is 1. The highest BCUT2D eigenvalue weighted by Crippen LogP contribution is 2.21. The average molecular weight is 393 g/mol. The van der Waals surface area contributed by atoms with E-state index in [0.29, 0.717) is 18.0 Å². The zero-order valence-corrected chi connectivity index (χ0v) is 17.0. The molecule has 3 aromatic heterocycles. The van der Waals surface area contributed by atoms with E-state index in [2.05, 4.69) is 14.5 Å². The molecule has 1 saturated heterocycles. The Bertz CT molecular complexity index is 933. The van der Waals surface area contributed by atoms with E-state index in [-0.39, 0.29) is 5.91 Å². The maximum atomic E-state index is 13.0. The van der Waals surface area contributed by atoms with Crippen molar-refractivity contribution in [3.63, 3.8) is 0 Å². The van der Waals surface area contributed by atoms with Crippen molar-refractivity contribution >= 4 is 11.7 Å². The van der Waals surface area contributed by atoms with Crippen molar-refractivity contribution in [3.8, 4) is 0 Å². The van der Waals surface area contributed by atoms with Crippen LogP contribution < -0.4 is 4.90 Å². The van der Waals surface area contributed by atoms with Crippen LogP contribution in [0.1, 0.15) is 34.7 Å². The third-order valence-corrected chi connectivity index (χ3v) is 5.41. The smallest absolute Gasteiger partial charge is 0.255 e. The zero-order chi connectivity index (χ0) is 20.2. The Balaban J connectivity index is 1.37. The molecule has 0 saturated carbocycles. The molecule has 152 valence electrons. The molecule has 1 fully saturated rings. The third-order valence-electron chi connectivity index (χ3n) is 5.41. The van der Waals surface area contributed by atoms with Gasteiger partial charge < -0.3 is 18.8 Å². The summed E-state index contributed by atoms with van der Waals surface area (Å²) in [5.41, 5.74) is 0.638. The first-order valence-electron chi connectivity index (χ1n) is 10.1. The van der Waals surface area contributed by atoms with E-state index >= 15 is 0 Å². The van der Waals surface area contributed by atoms with E-state index in [1.807, 2.05) is 60.6 Å². The molecular weight excluding hydrogens is 366 g/mol. The summed E-state index contributed by atoms with van der Waals surface area (Å²) < 4.78 is 7.72. The molecule has 0 spiro atoms. The number of rotatable bonds is 6. The molecule has 29 heavy (non-hydrogen) atoms. The predicted molar refractivity (Wildman–Crippen MR) is 111 cm³/mol. The largest absolute Gasteiger partial charge is 0.464 e. The van der Waals surface area contributed by atoms with Gasteiger partial charge in [0.05, 0.1) is 18.4 Å².